The second-order valence-electron chi connectivity index (χ2n) is 6.93. The lowest BCUT2D eigenvalue weighted by Crippen LogP contribution is -2.29. The number of hydrogen-bond acceptors (Lipinski definition) is 5. The van der Waals surface area contributed by atoms with E-state index in [4.69, 9.17) is 11.6 Å². The van der Waals surface area contributed by atoms with Crippen molar-refractivity contribution in [2.75, 3.05) is 5.32 Å². The normalized spacial score (nSPS) is 22.7. The monoisotopic (exact) mass is 385 g/mol. The first-order chi connectivity index (χ1) is 12.9. The van der Waals surface area contributed by atoms with Gasteiger partial charge in [-0.05, 0) is 42.0 Å². The van der Waals surface area contributed by atoms with Crippen molar-refractivity contribution < 1.29 is 9.85 Å². The highest BCUT2D eigenvalue weighted by atomic mass is 35.5. The number of hydrogen-bond donors (Lipinski definition) is 1. The Hall–Kier alpha value is -2.93. The number of benzene rings is 2. The van der Waals surface area contributed by atoms with Crippen LogP contribution >= 0.6 is 11.6 Å². The van der Waals surface area contributed by atoms with Gasteiger partial charge in [-0.2, -0.15) is 0 Å². The van der Waals surface area contributed by atoms with Crippen LogP contribution in [0.4, 0.5) is 17.1 Å². The molecule has 2 aromatic rings. The smallest absolute Gasteiger partial charge is 0.288 e. The Bertz CT molecular complexity index is 1000. The Morgan fingerprint density at radius 3 is 2.63 bits per heavy atom. The quantitative estimate of drug-likeness (QED) is 0.439. The first kappa shape index (κ1) is 17.5. The predicted molar refractivity (Wildman–Crippen MR) is 102 cm³/mol. The van der Waals surface area contributed by atoms with Gasteiger partial charge in [0.05, 0.1) is 15.9 Å². The standard InChI is InChI=1S/C19H16ClN3O4/c1-10-7-12(22(24)25)9-15-13-3-2-4-14(13)19(21-18(10)15)11-5-6-16(20)17(8-11)23(26)27/h2-3,5-9,13-14,19,21H,4H2,1H3/t13-,14-,19+/m0/s1. The van der Waals surface area contributed by atoms with Gasteiger partial charge in [-0.15, -0.1) is 0 Å². The summed E-state index contributed by atoms with van der Waals surface area (Å²) in [6.07, 6.45) is 4.93. The molecule has 0 saturated carbocycles. The third-order valence-corrected chi connectivity index (χ3v) is 5.71. The molecule has 8 heteroatoms. The Balaban J connectivity index is 1.82. The minimum absolute atomic E-state index is 0.0274. The molecule has 1 aliphatic heterocycles. The molecule has 0 bridgehead atoms. The molecular formula is C19H16ClN3O4. The predicted octanol–water partition coefficient (Wildman–Crippen LogP) is 5.29. The molecule has 1 aliphatic carbocycles. The third kappa shape index (κ3) is 2.84. The Kier molecular flexibility index (Phi) is 4.11. The van der Waals surface area contributed by atoms with Crippen LogP contribution in [0, 0.1) is 33.1 Å². The van der Waals surface area contributed by atoms with Gasteiger partial charge in [0.15, 0.2) is 0 Å². The van der Waals surface area contributed by atoms with Crippen molar-refractivity contribution in [3.05, 3.63) is 84.4 Å². The van der Waals surface area contributed by atoms with E-state index in [1.165, 1.54) is 6.07 Å². The van der Waals surface area contributed by atoms with Crippen LogP contribution in [0.1, 0.15) is 35.1 Å². The highest BCUT2D eigenvalue weighted by Gasteiger charge is 2.39. The van der Waals surface area contributed by atoms with E-state index in [0.29, 0.717) is 0 Å². The third-order valence-electron chi connectivity index (χ3n) is 5.39. The fraction of sp³-hybridized carbons (Fsp3) is 0.263. The summed E-state index contributed by atoms with van der Waals surface area (Å²) in [5.41, 5.74) is 3.29. The van der Waals surface area contributed by atoms with E-state index >= 15 is 0 Å². The van der Waals surface area contributed by atoms with Crippen molar-refractivity contribution in [2.24, 2.45) is 5.92 Å². The van der Waals surface area contributed by atoms with Gasteiger partial charge in [0.1, 0.15) is 5.02 Å². The maximum absolute atomic E-state index is 11.3. The zero-order valence-corrected chi connectivity index (χ0v) is 15.1. The lowest BCUT2D eigenvalue weighted by molar-refractivity contribution is -0.385. The van der Waals surface area contributed by atoms with Gasteiger partial charge in [0, 0.05) is 29.8 Å². The Labute approximate surface area is 160 Å². The molecule has 0 amide bonds. The minimum atomic E-state index is -0.485. The summed E-state index contributed by atoms with van der Waals surface area (Å²) in [5.74, 6) is 0.152. The molecule has 0 unspecified atom stereocenters. The lowest BCUT2D eigenvalue weighted by Gasteiger charge is -2.38. The van der Waals surface area contributed by atoms with Crippen LogP contribution in [0.3, 0.4) is 0 Å². The fourth-order valence-electron chi connectivity index (χ4n) is 4.17. The number of nitro benzene ring substituents is 2. The van der Waals surface area contributed by atoms with Gasteiger partial charge in [-0.25, -0.2) is 0 Å². The molecule has 138 valence electrons. The maximum Gasteiger partial charge on any atom is 0.288 e. The van der Waals surface area contributed by atoms with Crippen molar-refractivity contribution in [1.29, 1.82) is 0 Å². The number of nitro groups is 2. The number of fused-ring (bicyclic) bond motifs is 3. The van der Waals surface area contributed by atoms with Crippen molar-refractivity contribution in [3.8, 4) is 0 Å². The van der Waals surface area contributed by atoms with Crippen molar-refractivity contribution in [2.45, 2.75) is 25.3 Å². The zero-order valence-electron chi connectivity index (χ0n) is 14.4. The number of nitrogens with one attached hydrogen (secondary N) is 1. The summed E-state index contributed by atoms with van der Waals surface area (Å²) < 4.78 is 0. The summed E-state index contributed by atoms with van der Waals surface area (Å²) in [6, 6.07) is 7.89. The van der Waals surface area contributed by atoms with Crippen molar-refractivity contribution in [3.63, 3.8) is 0 Å². The average Bonchev–Trinajstić information content (AvgIpc) is 3.11. The summed E-state index contributed by atoms with van der Waals surface area (Å²) in [5, 5.41) is 26.1. The molecule has 1 N–H and O–H groups in total. The fourth-order valence-corrected chi connectivity index (χ4v) is 4.35. The molecule has 27 heavy (non-hydrogen) atoms. The number of anilines is 1. The van der Waals surface area contributed by atoms with Crippen LogP contribution in [-0.4, -0.2) is 9.85 Å². The van der Waals surface area contributed by atoms with E-state index in [-0.39, 0.29) is 39.2 Å². The van der Waals surface area contributed by atoms with Crippen LogP contribution in [0.2, 0.25) is 5.02 Å². The molecule has 2 aromatic carbocycles. The minimum Gasteiger partial charge on any atom is -0.377 e. The maximum atomic E-state index is 11.3. The van der Waals surface area contributed by atoms with Gasteiger partial charge < -0.3 is 5.32 Å². The largest absolute Gasteiger partial charge is 0.377 e. The van der Waals surface area contributed by atoms with E-state index in [9.17, 15) is 20.2 Å². The van der Waals surface area contributed by atoms with Crippen molar-refractivity contribution in [1.82, 2.24) is 0 Å². The van der Waals surface area contributed by atoms with Gasteiger partial charge >= 0.3 is 0 Å². The van der Waals surface area contributed by atoms with E-state index in [0.717, 1.165) is 28.8 Å². The average molecular weight is 386 g/mol. The lowest BCUT2D eigenvalue weighted by atomic mass is 9.76. The topological polar surface area (TPSA) is 98.3 Å². The van der Waals surface area contributed by atoms with Gasteiger partial charge in [-0.3, -0.25) is 20.2 Å². The van der Waals surface area contributed by atoms with E-state index in [1.807, 2.05) is 6.92 Å². The SMILES string of the molecule is Cc1cc([N+](=O)[O-])cc2c1N[C@H](c1ccc(Cl)c([N+](=O)[O-])c1)[C@H]1CC=C[C@H]21. The second-order valence-corrected chi connectivity index (χ2v) is 7.33. The Morgan fingerprint density at radius 1 is 1.15 bits per heavy atom. The first-order valence-corrected chi connectivity index (χ1v) is 8.90. The molecule has 0 fully saturated rings. The van der Waals surface area contributed by atoms with Crippen LogP contribution in [0.15, 0.2) is 42.5 Å². The number of allylic oxidation sites excluding steroid dienone is 2. The Morgan fingerprint density at radius 2 is 1.93 bits per heavy atom. The molecule has 3 atom stereocenters. The molecule has 0 radical (unpaired) electrons. The van der Waals surface area contributed by atoms with Gasteiger partial charge in [-0.1, -0.05) is 29.8 Å². The highest BCUT2D eigenvalue weighted by molar-refractivity contribution is 6.32. The number of aryl methyl sites for hydroxylation is 1. The molecule has 0 saturated heterocycles. The van der Waals surface area contributed by atoms with Crippen molar-refractivity contribution >= 4 is 28.7 Å². The van der Waals surface area contributed by atoms with E-state index < -0.39 is 4.92 Å². The molecule has 1 heterocycles. The van der Waals surface area contributed by atoms with Crippen LogP contribution < -0.4 is 5.32 Å². The molecule has 0 spiro atoms. The van der Waals surface area contributed by atoms with Crippen LogP contribution in [0.25, 0.3) is 0 Å². The van der Waals surface area contributed by atoms with E-state index in [1.54, 1.807) is 24.3 Å². The van der Waals surface area contributed by atoms with Crippen LogP contribution in [-0.2, 0) is 0 Å². The second kappa shape index (κ2) is 6.35. The summed E-state index contributed by atoms with van der Waals surface area (Å²) in [7, 11) is 0. The van der Waals surface area contributed by atoms with E-state index in [2.05, 4.69) is 17.5 Å². The first-order valence-electron chi connectivity index (χ1n) is 8.53. The number of non-ortho nitro benzene ring substituents is 1. The number of nitrogens with zero attached hydrogens (tertiary/aromatic N) is 2. The van der Waals surface area contributed by atoms with Gasteiger partial charge in [0.25, 0.3) is 11.4 Å². The zero-order chi connectivity index (χ0) is 19.3. The van der Waals surface area contributed by atoms with Crippen LogP contribution in [0.5, 0.6) is 0 Å². The molecular weight excluding hydrogens is 370 g/mol. The van der Waals surface area contributed by atoms with Gasteiger partial charge in [0.2, 0.25) is 0 Å². The number of rotatable bonds is 3. The molecule has 2 aliphatic rings. The highest BCUT2D eigenvalue weighted by Crippen LogP contribution is 2.51. The number of halogens is 1. The summed E-state index contributed by atoms with van der Waals surface area (Å²) >= 11 is 5.96. The molecule has 7 nitrogen and oxygen atoms in total. The molecule has 0 aromatic heterocycles. The molecule has 4 rings (SSSR count). The summed E-state index contributed by atoms with van der Waals surface area (Å²) in [6.45, 7) is 1.83. The summed E-state index contributed by atoms with van der Waals surface area (Å²) in [4.78, 5) is 21.6.